The fraction of sp³-hybridized carbons (Fsp3) is 0.357. The van der Waals surface area contributed by atoms with Crippen molar-refractivity contribution in [1.82, 2.24) is 14.1 Å². The first-order chi connectivity index (χ1) is 10.5. The molecule has 0 unspecified atom stereocenters. The minimum atomic E-state index is -0.285. The maximum absolute atomic E-state index is 12.4. The van der Waals surface area contributed by atoms with E-state index in [4.69, 9.17) is 10.5 Å². The number of hydrogen-bond acceptors (Lipinski definition) is 6. The summed E-state index contributed by atoms with van der Waals surface area (Å²) in [5.41, 5.74) is 3.97. The highest BCUT2D eigenvalue weighted by Crippen LogP contribution is 2.18. The van der Waals surface area contributed by atoms with Gasteiger partial charge < -0.3 is 0 Å². The van der Waals surface area contributed by atoms with Gasteiger partial charge in [-0.1, -0.05) is 0 Å². The van der Waals surface area contributed by atoms with E-state index in [1.807, 2.05) is 20.8 Å². The van der Waals surface area contributed by atoms with Gasteiger partial charge in [0, 0.05) is 12.6 Å². The Balaban J connectivity index is 2.57. The van der Waals surface area contributed by atoms with Gasteiger partial charge in [-0.25, -0.2) is 9.78 Å². The van der Waals surface area contributed by atoms with E-state index in [-0.39, 0.29) is 17.4 Å². The highest BCUT2D eigenvalue weighted by molar-refractivity contribution is 6.10. The van der Waals surface area contributed by atoms with Crippen LogP contribution in [0.1, 0.15) is 26.8 Å². The van der Waals surface area contributed by atoms with Gasteiger partial charge in [-0.15, -0.1) is 0 Å². The average Bonchev–Trinajstić information content (AvgIpc) is 2.79. The van der Waals surface area contributed by atoms with Crippen molar-refractivity contribution in [3.8, 4) is 12.1 Å². The third-order valence-corrected chi connectivity index (χ3v) is 3.14. The van der Waals surface area contributed by atoms with Gasteiger partial charge >= 0.3 is 5.69 Å². The van der Waals surface area contributed by atoms with E-state index in [1.165, 1.54) is 6.20 Å². The number of aryl methyl sites for hydroxylation is 1. The zero-order valence-electron chi connectivity index (χ0n) is 12.5. The number of pyridine rings is 1. The smallest absolute Gasteiger partial charge is 0.290 e. The molecule has 2 aromatic rings. The van der Waals surface area contributed by atoms with Gasteiger partial charge in [-0.2, -0.15) is 15.6 Å². The van der Waals surface area contributed by atoms with Gasteiger partial charge in [0.05, 0.1) is 17.4 Å². The van der Waals surface area contributed by atoms with Crippen LogP contribution in [0.5, 0.6) is 0 Å². The molecule has 0 saturated carbocycles. The van der Waals surface area contributed by atoms with Crippen molar-refractivity contribution in [3.63, 3.8) is 0 Å². The Labute approximate surface area is 126 Å². The van der Waals surface area contributed by atoms with Gasteiger partial charge in [0.2, 0.25) is 5.71 Å². The Morgan fingerprint density at radius 1 is 1.45 bits per heavy atom. The predicted molar refractivity (Wildman–Crippen MR) is 82.3 cm³/mol. The summed E-state index contributed by atoms with van der Waals surface area (Å²) in [4.78, 5) is 16.7. The number of rotatable bonds is 4. The van der Waals surface area contributed by atoms with Crippen molar-refractivity contribution in [1.29, 1.82) is 10.5 Å². The maximum atomic E-state index is 12.4. The summed E-state index contributed by atoms with van der Waals surface area (Å²) in [7, 11) is 0. The van der Waals surface area contributed by atoms with Crippen LogP contribution in [0.2, 0.25) is 0 Å². The molecule has 2 rings (SSSR count). The molecule has 8 nitrogen and oxygen atoms in total. The summed E-state index contributed by atoms with van der Waals surface area (Å²) in [5, 5.41) is 21.0. The van der Waals surface area contributed by atoms with Crippen LogP contribution < -0.4 is 11.1 Å². The number of hydrogen-bond donors (Lipinski definition) is 1. The van der Waals surface area contributed by atoms with Crippen molar-refractivity contribution in [2.45, 2.75) is 33.4 Å². The van der Waals surface area contributed by atoms with E-state index in [0.29, 0.717) is 23.4 Å². The molecule has 0 aromatic carbocycles. The monoisotopic (exact) mass is 297 g/mol. The molecule has 0 bridgehead atoms. The second-order valence-corrected chi connectivity index (χ2v) is 4.85. The van der Waals surface area contributed by atoms with E-state index >= 15 is 0 Å². The molecule has 8 heteroatoms. The normalized spacial score (nSPS) is 10.3. The maximum Gasteiger partial charge on any atom is 0.330 e. The van der Waals surface area contributed by atoms with E-state index < -0.39 is 0 Å². The molecule has 1 N–H and O–H groups in total. The van der Waals surface area contributed by atoms with Crippen LogP contribution in [0.25, 0.3) is 11.2 Å². The van der Waals surface area contributed by atoms with Crippen molar-refractivity contribution < 1.29 is 0 Å². The Kier molecular flexibility index (Phi) is 4.23. The zero-order valence-corrected chi connectivity index (χ0v) is 12.5. The third kappa shape index (κ3) is 2.54. The molecule has 0 fully saturated rings. The lowest BCUT2D eigenvalue weighted by Gasteiger charge is -2.06. The molecule has 0 aliphatic carbocycles. The zero-order chi connectivity index (χ0) is 16.3. The molecule has 0 spiro atoms. The second kappa shape index (κ2) is 6.10. The Morgan fingerprint density at radius 2 is 2.14 bits per heavy atom. The molecule has 0 atom stereocenters. The number of nitriles is 2. The molecule has 0 amide bonds. The van der Waals surface area contributed by atoms with Gasteiger partial charge in [-0.3, -0.25) is 14.6 Å². The summed E-state index contributed by atoms with van der Waals surface area (Å²) < 4.78 is 3.24. The quantitative estimate of drug-likeness (QED) is 0.680. The summed E-state index contributed by atoms with van der Waals surface area (Å²) in [5.74, 6) is 0. The Bertz CT molecular complexity index is 857. The van der Waals surface area contributed by atoms with Gasteiger partial charge in [0.15, 0.2) is 5.65 Å². The minimum Gasteiger partial charge on any atom is -0.290 e. The fourth-order valence-electron chi connectivity index (χ4n) is 2.18. The molecular formula is C14H15N7O. The lowest BCUT2D eigenvalue weighted by Crippen LogP contribution is -2.25. The average molecular weight is 297 g/mol. The fourth-order valence-corrected chi connectivity index (χ4v) is 2.18. The molecule has 0 aliphatic heterocycles. The molecule has 22 heavy (non-hydrogen) atoms. The highest BCUT2D eigenvalue weighted by Gasteiger charge is 2.15. The van der Waals surface area contributed by atoms with E-state index in [2.05, 4.69) is 15.5 Å². The largest absolute Gasteiger partial charge is 0.330 e. The Hall–Kier alpha value is -3.13. The number of nitrogens with one attached hydrogen (secondary N) is 1. The molecular weight excluding hydrogens is 282 g/mol. The summed E-state index contributed by atoms with van der Waals surface area (Å²) in [6.07, 6.45) is 1.51. The highest BCUT2D eigenvalue weighted by atomic mass is 16.1. The van der Waals surface area contributed by atoms with Crippen LogP contribution in [0.15, 0.2) is 22.2 Å². The van der Waals surface area contributed by atoms with Gasteiger partial charge in [0.1, 0.15) is 12.1 Å². The first kappa shape index (κ1) is 15.3. The first-order valence-electron chi connectivity index (χ1n) is 6.78. The second-order valence-electron chi connectivity index (χ2n) is 4.85. The summed E-state index contributed by atoms with van der Waals surface area (Å²) in [6.45, 7) is 6.24. The summed E-state index contributed by atoms with van der Waals surface area (Å²) >= 11 is 0. The molecule has 0 aliphatic rings. The molecule has 2 aromatic heterocycles. The van der Waals surface area contributed by atoms with Crippen LogP contribution in [-0.4, -0.2) is 19.8 Å². The third-order valence-electron chi connectivity index (χ3n) is 3.14. The number of anilines is 1. The summed E-state index contributed by atoms with van der Waals surface area (Å²) in [6, 6.07) is 5.03. The van der Waals surface area contributed by atoms with E-state index in [1.54, 1.807) is 27.3 Å². The number of aromatic nitrogens is 3. The van der Waals surface area contributed by atoms with Crippen LogP contribution in [-0.2, 0) is 6.54 Å². The minimum absolute atomic E-state index is 0.00379. The van der Waals surface area contributed by atoms with Crippen molar-refractivity contribution in [3.05, 3.63) is 22.7 Å². The molecule has 0 radical (unpaired) electrons. The standard InChI is InChI=1S/C14H15N7O/c1-4-20-12-5-10(18-19-11(6-15)7-16)8-17-13(12)21(9(2)3)14(20)22/h5,8-9,18H,4H2,1-3H3. The van der Waals surface area contributed by atoms with Crippen LogP contribution in [0.4, 0.5) is 5.69 Å². The van der Waals surface area contributed by atoms with Crippen LogP contribution in [0, 0.1) is 22.7 Å². The van der Waals surface area contributed by atoms with Crippen molar-refractivity contribution >= 4 is 22.6 Å². The number of hydrazone groups is 1. The number of nitrogens with zero attached hydrogens (tertiary/aromatic N) is 6. The van der Waals surface area contributed by atoms with Crippen molar-refractivity contribution in [2.75, 3.05) is 5.43 Å². The first-order valence-corrected chi connectivity index (χ1v) is 6.78. The predicted octanol–water partition coefficient (Wildman–Crippen LogP) is 1.61. The van der Waals surface area contributed by atoms with Crippen LogP contribution >= 0.6 is 0 Å². The molecule has 0 saturated heterocycles. The van der Waals surface area contributed by atoms with Gasteiger partial charge in [0.25, 0.3) is 0 Å². The topological polar surface area (TPSA) is 112 Å². The lowest BCUT2D eigenvalue weighted by molar-refractivity contribution is 0.568. The lowest BCUT2D eigenvalue weighted by atomic mass is 10.3. The number of imidazole rings is 1. The molecule has 112 valence electrons. The van der Waals surface area contributed by atoms with Gasteiger partial charge in [-0.05, 0) is 26.8 Å². The SMILES string of the molecule is CCn1c(=O)n(C(C)C)c2ncc(NN=C(C#N)C#N)cc21. The van der Waals surface area contributed by atoms with E-state index in [0.717, 1.165) is 0 Å². The van der Waals surface area contributed by atoms with Crippen molar-refractivity contribution in [2.24, 2.45) is 5.10 Å². The molecule has 2 heterocycles. The van der Waals surface area contributed by atoms with Crippen LogP contribution in [0.3, 0.4) is 0 Å². The Morgan fingerprint density at radius 3 is 2.68 bits per heavy atom. The number of fused-ring (bicyclic) bond motifs is 1. The van der Waals surface area contributed by atoms with E-state index in [9.17, 15) is 4.79 Å².